The van der Waals surface area contributed by atoms with E-state index in [2.05, 4.69) is 0 Å². The van der Waals surface area contributed by atoms with Crippen LogP contribution < -0.4 is 10.5 Å². The lowest BCUT2D eigenvalue weighted by atomic mass is 10.0. The van der Waals surface area contributed by atoms with Crippen LogP contribution in [0.2, 0.25) is 0 Å². The number of nitrogens with two attached hydrogens (primary N) is 1. The number of carbonyl (C=O) groups excluding carboxylic acids is 1. The van der Waals surface area contributed by atoms with Gasteiger partial charge in [0.05, 0.1) is 12.2 Å². The van der Waals surface area contributed by atoms with Crippen LogP contribution in [-0.4, -0.2) is 40.2 Å². The molecule has 1 aromatic heterocycles. The molecular weight excluding hydrogens is 539 g/mol. The number of amidine groups is 1. The third-order valence-corrected chi connectivity index (χ3v) is 5.60. The summed E-state index contributed by atoms with van der Waals surface area (Å²) in [7, 11) is 0. The number of nitrogen functional groups attached to an aromatic ring is 1. The van der Waals surface area contributed by atoms with Crippen LogP contribution in [0.15, 0.2) is 91.3 Å². The molecule has 0 bridgehead atoms. The number of carbonyl (C=O) groups is 2. The SMILES string of the molecule is CCOC(=O)c1cn(Cc2ccc(Oc3ccccc3)cc2)cc1Cc1cccc(C(=N)N)c1.O=C(O)C(F)(F)F. The molecule has 0 spiro atoms. The summed E-state index contributed by atoms with van der Waals surface area (Å²) in [6.07, 6.45) is -0.746. The van der Waals surface area contributed by atoms with Gasteiger partial charge in [-0.3, -0.25) is 5.41 Å². The molecule has 214 valence electrons. The van der Waals surface area contributed by atoms with Gasteiger partial charge in [0.15, 0.2) is 0 Å². The molecule has 0 aliphatic heterocycles. The molecule has 4 aromatic rings. The lowest BCUT2D eigenvalue weighted by molar-refractivity contribution is -0.192. The molecule has 0 radical (unpaired) electrons. The monoisotopic (exact) mass is 567 g/mol. The molecule has 0 fully saturated rings. The molecule has 41 heavy (non-hydrogen) atoms. The van der Waals surface area contributed by atoms with E-state index in [0.717, 1.165) is 28.2 Å². The number of aromatic nitrogens is 1. The summed E-state index contributed by atoms with van der Waals surface area (Å²) < 4.78 is 44.9. The summed E-state index contributed by atoms with van der Waals surface area (Å²) in [6.45, 7) is 2.71. The van der Waals surface area contributed by atoms with Crippen LogP contribution in [0, 0.1) is 5.41 Å². The van der Waals surface area contributed by atoms with Crippen molar-refractivity contribution in [1.82, 2.24) is 4.57 Å². The van der Waals surface area contributed by atoms with Crippen LogP contribution in [0.3, 0.4) is 0 Å². The van der Waals surface area contributed by atoms with Gasteiger partial charge in [-0.25, -0.2) is 9.59 Å². The Morgan fingerprint density at radius 2 is 1.56 bits per heavy atom. The topological polar surface area (TPSA) is 128 Å². The van der Waals surface area contributed by atoms with E-state index < -0.39 is 12.1 Å². The number of alkyl halides is 3. The highest BCUT2D eigenvalue weighted by atomic mass is 19.4. The molecule has 0 amide bonds. The zero-order valence-corrected chi connectivity index (χ0v) is 22.0. The first-order valence-corrected chi connectivity index (χ1v) is 12.4. The normalized spacial score (nSPS) is 10.7. The Labute approximate surface area is 234 Å². The summed E-state index contributed by atoms with van der Waals surface area (Å²) in [5, 5.41) is 14.8. The fraction of sp³-hybridized carbons (Fsp3) is 0.167. The largest absolute Gasteiger partial charge is 0.490 e. The van der Waals surface area contributed by atoms with Crippen molar-refractivity contribution in [3.05, 3.63) is 119 Å². The number of benzene rings is 3. The van der Waals surface area contributed by atoms with Gasteiger partial charge in [-0.2, -0.15) is 13.2 Å². The lowest BCUT2D eigenvalue weighted by Crippen LogP contribution is -2.21. The maximum Gasteiger partial charge on any atom is 0.490 e. The molecule has 8 nitrogen and oxygen atoms in total. The smallest absolute Gasteiger partial charge is 0.475 e. The van der Waals surface area contributed by atoms with Crippen LogP contribution in [0.1, 0.15) is 39.5 Å². The fourth-order valence-corrected chi connectivity index (χ4v) is 3.75. The number of rotatable bonds is 9. The van der Waals surface area contributed by atoms with Gasteiger partial charge < -0.3 is 24.9 Å². The van der Waals surface area contributed by atoms with Crippen LogP contribution >= 0.6 is 0 Å². The van der Waals surface area contributed by atoms with E-state index in [1.807, 2.05) is 89.8 Å². The van der Waals surface area contributed by atoms with E-state index in [-0.39, 0.29) is 11.8 Å². The summed E-state index contributed by atoms with van der Waals surface area (Å²) >= 11 is 0. The highest BCUT2D eigenvalue weighted by Gasteiger charge is 2.38. The van der Waals surface area contributed by atoms with Gasteiger partial charge in [0.25, 0.3) is 0 Å². The summed E-state index contributed by atoms with van der Waals surface area (Å²) in [5.74, 6) is -1.53. The van der Waals surface area contributed by atoms with Gasteiger partial charge in [0, 0.05) is 24.5 Å². The van der Waals surface area contributed by atoms with Gasteiger partial charge in [0.2, 0.25) is 0 Å². The van der Waals surface area contributed by atoms with Crippen LogP contribution in [0.5, 0.6) is 11.5 Å². The zero-order valence-electron chi connectivity index (χ0n) is 22.0. The Balaban J connectivity index is 0.000000587. The van der Waals surface area contributed by atoms with Gasteiger partial charge in [-0.1, -0.05) is 48.5 Å². The number of halogens is 3. The van der Waals surface area contributed by atoms with Crippen LogP contribution in [0.4, 0.5) is 13.2 Å². The first-order chi connectivity index (χ1) is 19.5. The second-order valence-electron chi connectivity index (χ2n) is 8.74. The van der Waals surface area contributed by atoms with E-state index in [1.165, 1.54) is 0 Å². The van der Waals surface area contributed by atoms with E-state index in [9.17, 15) is 18.0 Å². The molecule has 11 heteroatoms. The van der Waals surface area contributed by atoms with Gasteiger partial charge in [-0.15, -0.1) is 0 Å². The summed E-state index contributed by atoms with van der Waals surface area (Å²) in [6, 6.07) is 25.1. The maximum absolute atomic E-state index is 12.6. The van der Waals surface area contributed by atoms with Crippen molar-refractivity contribution in [2.75, 3.05) is 6.61 Å². The molecule has 0 aliphatic carbocycles. The zero-order chi connectivity index (χ0) is 30.0. The number of carboxylic acid groups (broad SMARTS) is 1. The number of esters is 1. The minimum absolute atomic E-state index is 0.0183. The van der Waals surface area contributed by atoms with Crippen molar-refractivity contribution in [3.63, 3.8) is 0 Å². The number of hydrogen-bond donors (Lipinski definition) is 3. The van der Waals surface area contributed by atoms with Gasteiger partial charge >= 0.3 is 18.1 Å². The van der Waals surface area contributed by atoms with Gasteiger partial charge in [-0.05, 0) is 60.4 Å². The second-order valence-corrected chi connectivity index (χ2v) is 8.74. The van der Waals surface area contributed by atoms with Crippen LogP contribution in [0.25, 0.3) is 0 Å². The molecule has 3 aromatic carbocycles. The predicted molar refractivity (Wildman–Crippen MR) is 146 cm³/mol. The van der Waals surface area contributed by atoms with E-state index >= 15 is 0 Å². The molecule has 0 atom stereocenters. The number of carboxylic acids is 1. The molecular formula is C30H28F3N3O5. The Kier molecular flexibility index (Phi) is 10.3. The molecule has 0 saturated heterocycles. The minimum Gasteiger partial charge on any atom is -0.475 e. The lowest BCUT2D eigenvalue weighted by Gasteiger charge is -2.07. The van der Waals surface area contributed by atoms with Crippen molar-refractivity contribution in [2.24, 2.45) is 5.73 Å². The molecule has 1 heterocycles. The minimum atomic E-state index is -5.08. The fourth-order valence-electron chi connectivity index (χ4n) is 3.75. The van der Waals surface area contributed by atoms with Crippen molar-refractivity contribution in [3.8, 4) is 11.5 Å². The van der Waals surface area contributed by atoms with Crippen molar-refractivity contribution < 1.29 is 37.3 Å². The molecule has 0 saturated carbocycles. The number of nitrogens with zero attached hydrogens (tertiary/aromatic N) is 1. The van der Waals surface area contributed by atoms with Gasteiger partial charge in [0.1, 0.15) is 17.3 Å². The second kappa shape index (κ2) is 13.8. The molecule has 0 unspecified atom stereocenters. The number of hydrogen-bond acceptors (Lipinski definition) is 5. The quantitative estimate of drug-likeness (QED) is 0.129. The first-order valence-electron chi connectivity index (χ1n) is 12.4. The van der Waals surface area contributed by atoms with E-state index in [4.69, 9.17) is 30.5 Å². The van der Waals surface area contributed by atoms with Crippen molar-refractivity contribution in [1.29, 1.82) is 5.41 Å². The van der Waals surface area contributed by atoms with E-state index in [1.54, 1.807) is 13.0 Å². The third-order valence-electron chi connectivity index (χ3n) is 5.60. The van der Waals surface area contributed by atoms with Crippen molar-refractivity contribution in [2.45, 2.75) is 26.1 Å². The highest BCUT2D eigenvalue weighted by molar-refractivity contribution is 5.95. The summed E-state index contributed by atoms with van der Waals surface area (Å²) in [4.78, 5) is 21.5. The Morgan fingerprint density at radius 3 is 2.15 bits per heavy atom. The average Bonchev–Trinajstić information content (AvgIpc) is 3.32. The number of ether oxygens (including phenoxy) is 2. The number of para-hydroxylation sites is 1. The highest BCUT2D eigenvalue weighted by Crippen LogP contribution is 2.23. The third kappa shape index (κ3) is 9.27. The Morgan fingerprint density at radius 1 is 0.927 bits per heavy atom. The average molecular weight is 568 g/mol. The number of nitrogens with one attached hydrogen (secondary N) is 1. The first kappa shape index (κ1) is 30.5. The maximum atomic E-state index is 12.6. The number of aliphatic carboxylic acids is 1. The molecule has 4 N–H and O–H groups in total. The van der Waals surface area contributed by atoms with Crippen LogP contribution in [-0.2, 0) is 22.5 Å². The Hall–Kier alpha value is -5.06. The standard InChI is InChI=1S/C28H27N3O3.C2HF3O2/c1-2-33-28(32)26-19-31(18-23(26)16-21-7-6-8-22(15-21)27(29)30)17-20-11-13-25(14-12-20)34-24-9-4-3-5-10-24;3-2(4,5)1(6)7/h3-15,18-19H,2,16-17H2,1H3,(H3,29,30);(H,6,7). The summed E-state index contributed by atoms with van der Waals surface area (Å²) in [5.41, 5.74) is 9.75. The molecule has 4 rings (SSSR count). The molecule has 0 aliphatic rings. The van der Waals surface area contributed by atoms with Crippen molar-refractivity contribution >= 4 is 17.8 Å². The van der Waals surface area contributed by atoms with E-state index in [0.29, 0.717) is 30.7 Å². The Bertz CT molecular complexity index is 1480. The predicted octanol–water partition coefficient (Wildman–Crippen LogP) is 6.01.